The number of carbonyl (C=O) groups excluding carboxylic acids is 1. The number of nitrogens with zero attached hydrogens (tertiary/aromatic N) is 2. The highest BCUT2D eigenvalue weighted by atomic mass is 32.2. The van der Waals surface area contributed by atoms with Gasteiger partial charge in [-0.15, -0.1) is 0 Å². The van der Waals surface area contributed by atoms with Crippen LogP contribution in [-0.4, -0.2) is 35.9 Å². The van der Waals surface area contributed by atoms with Crippen LogP contribution < -0.4 is 0 Å². The van der Waals surface area contributed by atoms with Gasteiger partial charge in [-0.05, 0) is 19.3 Å². The predicted octanol–water partition coefficient (Wildman–Crippen LogP) is 1.99. The molecule has 0 spiro atoms. The topological polar surface area (TPSA) is 61.3 Å². The number of ether oxygens (including phenoxy) is 2. The lowest BCUT2D eigenvalue weighted by Crippen LogP contribution is -2.08. The zero-order chi connectivity index (χ0) is 12.7. The molecule has 0 N–H and O–H groups in total. The highest BCUT2D eigenvalue weighted by Crippen LogP contribution is 2.14. The first-order valence-corrected chi connectivity index (χ1v) is 6.22. The molecule has 0 saturated heterocycles. The number of thioether (sulfide) groups is 1. The second kappa shape index (κ2) is 6.90. The van der Waals surface area contributed by atoms with E-state index in [4.69, 9.17) is 4.74 Å². The van der Waals surface area contributed by atoms with Gasteiger partial charge < -0.3 is 9.47 Å². The lowest BCUT2D eigenvalue weighted by atomic mass is 10.2. The third kappa shape index (κ3) is 3.74. The van der Waals surface area contributed by atoms with Gasteiger partial charge in [0.05, 0.1) is 20.0 Å². The van der Waals surface area contributed by atoms with Crippen LogP contribution in [0.3, 0.4) is 0 Å². The normalized spacial score (nSPS) is 10.5. The summed E-state index contributed by atoms with van der Waals surface area (Å²) in [6, 6.07) is 0. The van der Waals surface area contributed by atoms with Crippen LogP contribution in [0.2, 0.25) is 0 Å². The van der Waals surface area contributed by atoms with Crippen LogP contribution in [0.25, 0.3) is 6.08 Å². The number of carbonyl (C=O) groups is 1. The van der Waals surface area contributed by atoms with Crippen LogP contribution in [0.15, 0.2) is 17.6 Å². The zero-order valence-electron chi connectivity index (χ0n) is 9.97. The molecule has 1 aromatic heterocycles. The van der Waals surface area contributed by atoms with Gasteiger partial charge in [-0.1, -0.05) is 11.8 Å². The largest absolute Gasteiger partial charge is 0.501 e. The maximum Gasteiger partial charge on any atom is 0.357 e. The van der Waals surface area contributed by atoms with E-state index in [1.54, 1.807) is 12.3 Å². The molecule has 0 aliphatic rings. The van der Waals surface area contributed by atoms with E-state index >= 15 is 0 Å². The van der Waals surface area contributed by atoms with Crippen LogP contribution in [0.1, 0.15) is 23.0 Å². The van der Waals surface area contributed by atoms with Gasteiger partial charge in [0.1, 0.15) is 0 Å². The average molecular weight is 254 g/mol. The summed E-state index contributed by atoms with van der Waals surface area (Å²) in [5.74, 6) is -0.487. The fraction of sp³-hybridized carbons (Fsp3) is 0.364. The Morgan fingerprint density at radius 1 is 1.59 bits per heavy atom. The molecule has 0 aliphatic carbocycles. The molecule has 0 aliphatic heterocycles. The molecular formula is C11H14N2O3S. The van der Waals surface area contributed by atoms with E-state index in [0.29, 0.717) is 17.3 Å². The molecular weight excluding hydrogens is 240 g/mol. The molecule has 0 atom stereocenters. The highest BCUT2D eigenvalue weighted by Gasteiger charge is 2.13. The average Bonchev–Trinajstić information content (AvgIpc) is 2.38. The lowest BCUT2D eigenvalue weighted by molar-refractivity contribution is 0.0592. The van der Waals surface area contributed by atoms with Crippen molar-refractivity contribution in [3.05, 3.63) is 23.7 Å². The Hall–Kier alpha value is -1.56. The Bertz CT molecular complexity index is 421. The summed E-state index contributed by atoms with van der Waals surface area (Å²) >= 11 is 1.36. The minimum Gasteiger partial charge on any atom is -0.501 e. The minimum absolute atomic E-state index is 0.239. The smallest absolute Gasteiger partial charge is 0.357 e. The fourth-order valence-electron chi connectivity index (χ4n) is 1.07. The van der Waals surface area contributed by atoms with E-state index in [1.807, 2.05) is 13.2 Å². The lowest BCUT2D eigenvalue weighted by Gasteiger charge is -2.04. The first-order chi connectivity index (χ1) is 8.22. The SMILES string of the molecule is CCOC=Cc1cnc(SC)nc1C(=O)OC. The van der Waals surface area contributed by atoms with E-state index in [1.165, 1.54) is 25.1 Å². The zero-order valence-corrected chi connectivity index (χ0v) is 10.8. The number of esters is 1. The summed E-state index contributed by atoms with van der Waals surface area (Å²) in [5, 5.41) is 0.527. The Morgan fingerprint density at radius 2 is 2.35 bits per heavy atom. The molecule has 17 heavy (non-hydrogen) atoms. The van der Waals surface area contributed by atoms with E-state index in [9.17, 15) is 4.79 Å². The molecule has 1 heterocycles. The Labute approximate surface area is 104 Å². The van der Waals surface area contributed by atoms with Crippen molar-refractivity contribution >= 4 is 23.8 Å². The standard InChI is InChI=1S/C11H14N2O3S/c1-4-16-6-5-8-7-12-11(17-3)13-9(8)10(14)15-2/h5-7H,4H2,1-3H3. The third-order valence-electron chi connectivity index (χ3n) is 1.87. The molecule has 0 radical (unpaired) electrons. The summed E-state index contributed by atoms with van der Waals surface area (Å²) in [5.41, 5.74) is 0.811. The first kappa shape index (κ1) is 13.5. The Kier molecular flexibility index (Phi) is 5.48. The molecule has 0 saturated carbocycles. The first-order valence-electron chi connectivity index (χ1n) is 5.00. The summed E-state index contributed by atoms with van der Waals surface area (Å²) < 4.78 is 9.74. The van der Waals surface area contributed by atoms with Crippen LogP contribution >= 0.6 is 11.8 Å². The van der Waals surface area contributed by atoms with Crippen molar-refractivity contribution in [3.63, 3.8) is 0 Å². The monoisotopic (exact) mass is 254 g/mol. The highest BCUT2D eigenvalue weighted by molar-refractivity contribution is 7.98. The molecule has 0 bridgehead atoms. The van der Waals surface area contributed by atoms with Gasteiger partial charge in [0.25, 0.3) is 0 Å². The van der Waals surface area contributed by atoms with Crippen LogP contribution in [-0.2, 0) is 9.47 Å². The van der Waals surface area contributed by atoms with Gasteiger partial charge in [0.15, 0.2) is 10.9 Å². The van der Waals surface area contributed by atoms with Crippen LogP contribution in [0.5, 0.6) is 0 Å². The number of hydrogen-bond donors (Lipinski definition) is 0. The number of methoxy groups -OCH3 is 1. The summed E-state index contributed by atoms with van der Waals surface area (Å²) in [6.45, 7) is 2.44. The van der Waals surface area contributed by atoms with Crippen molar-refractivity contribution in [2.24, 2.45) is 0 Å². The molecule has 6 heteroatoms. The maximum absolute atomic E-state index is 11.5. The van der Waals surface area contributed by atoms with E-state index < -0.39 is 5.97 Å². The fourth-order valence-corrected chi connectivity index (χ4v) is 1.41. The second-order valence-corrected chi connectivity index (χ2v) is 3.68. The summed E-state index contributed by atoms with van der Waals surface area (Å²) in [6.07, 6.45) is 6.55. The van der Waals surface area contributed by atoms with Crippen molar-refractivity contribution in [2.45, 2.75) is 12.1 Å². The van der Waals surface area contributed by atoms with Crippen molar-refractivity contribution in [3.8, 4) is 0 Å². The molecule has 0 aromatic carbocycles. The van der Waals surface area contributed by atoms with Gasteiger partial charge in [-0.25, -0.2) is 14.8 Å². The van der Waals surface area contributed by atoms with Crippen molar-refractivity contribution < 1.29 is 14.3 Å². The number of rotatable bonds is 5. The van der Waals surface area contributed by atoms with Crippen molar-refractivity contribution in [2.75, 3.05) is 20.0 Å². The van der Waals surface area contributed by atoms with Gasteiger partial charge in [0.2, 0.25) is 0 Å². The molecule has 1 aromatic rings. The minimum atomic E-state index is -0.487. The van der Waals surface area contributed by atoms with Gasteiger partial charge in [-0.2, -0.15) is 0 Å². The molecule has 5 nitrogen and oxygen atoms in total. The molecule has 0 unspecified atom stereocenters. The van der Waals surface area contributed by atoms with Gasteiger partial charge in [-0.3, -0.25) is 0 Å². The van der Waals surface area contributed by atoms with E-state index in [0.717, 1.165) is 0 Å². The number of aromatic nitrogens is 2. The summed E-state index contributed by atoms with van der Waals surface area (Å²) in [7, 11) is 1.32. The van der Waals surface area contributed by atoms with Crippen molar-refractivity contribution in [1.29, 1.82) is 0 Å². The van der Waals surface area contributed by atoms with Gasteiger partial charge in [0, 0.05) is 11.8 Å². The Morgan fingerprint density at radius 3 is 2.94 bits per heavy atom. The number of hydrogen-bond acceptors (Lipinski definition) is 6. The second-order valence-electron chi connectivity index (χ2n) is 2.91. The van der Waals surface area contributed by atoms with E-state index in [-0.39, 0.29) is 5.69 Å². The Balaban J connectivity index is 3.06. The molecule has 0 fully saturated rings. The molecule has 92 valence electrons. The van der Waals surface area contributed by atoms with Crippen LogP contribution in [0.4, 0.5) is 0 Å². The van der Waals surface area contributed by atoms with Crippen molar-refractivity contribution in [1.82, 2.24) is 9.97 Å². The van der Waals surface area contributed by atoms with Gasteiger partial charge >= 0.3 is 5.97 Å². The third-order valence-corrected chi connectivity index (χ3v) is 2.43. The predicted molar refractivity (Wildman–Crippen MR) is 65.8 cm³/mol. The molecule has 0 amide bonds. The van der Waals surface area contributed by atoms with E-state index in [2.05, 4.69) is 14.7 Å². The molecule has 1 rings (SSSR count). The maximum atomic E-state index is 11.5. The summed E-state index contributed by atoms with van der Waals surface area (Å²) in [4.78, 5) is 19.7. The quantitative estimate of drug-likeness (QED) is 0.346. The van der Waals surface area contributed by atoms with Crippen LogP contribution in [0, 0.1) is 0 Å².